The van der Waals surface area contributed by atoms with Gasteiger partial charge in [-0.15, -0.1) is 0 Å². The van der Waals surface area contributed by atoms with Gasteiger partial charge >= 0.3 is 0 Å². The standard InChI is InChI=1S/C11H13F3/c1-2-8-3-5-10(12)9(7-8)4-6-11(13)14/h3,5,7,11H,2,4,6H2,1H3. The second-order valence-electron chi connectivity index (χ2n) is 3.21. The van der Waals surface area contributed by atoms with E-state index in [1.807, 2.05) is 6.92 Å². The first kappa shape index (κ1) is 11.1. The molecule has 0 amide bonds. The zero-order valence-corrected chi connectivity index (χ0v) is 8.06. The summed E-state index contributed by atoms with van der Waals surface area (Å²) in [7, 11) is 0. The van der Waals surface area contributed by atoms with Crippen LogP contribution in [0.15, 0.2) is 18.2 Å². The van der Waals surface area contributed by atoms with Crippen LogP contribution in [0.25, 0.3) is 0 Å². The molecule has 0 radical (unpaired) electrons. The van der Waals surface area contributed by atoms with Crippen LogP contribution in [0.1, 0.15) is 24.5 Å². The van der Waals surface area contributed by atoms with Crippen molar-refractivity contribution < 1.29 is 13.2 Å². The van der Waals surface area contributed by atoms with E-state index < -0.39 is 6.43 Å². The quantitative estimate of drug-likeness (QED) is 0.700. The summed E-state index contributed by atoms with van der Waals surface area (Å²) in [5.41, 5.74) is 1.38. The van der Waals surface area contributed by atoms with E-state index in [0.717, 1.165) is 12.0 Å². The van der Waals surface area contributed by atoms with E-state index in [1.54, 1.807) is 12.1 Å². The normalized spacial score (nSPS) is 10.9. The fraction of sp³-hybridized carbons (Fsp3) is 0.455. The van der Waals surface area contributed by atoms with E-state index in [1.165, 1.54) is 6.07 Å². The van der Waals surface area contributed by atoms with Crippen LogP contribution in [0.3, 0.4) is 0 Å². The Morgan fingerprint density at radius 1 is 1.29 bits per heavy atom. The Morgan fingerprint density at radius 2 is 2.00 bits per heavy atom. The highest BCUT2D eigenvalue weighted by molar-refractivity contribution is 5.25. The monoisotopic (exact) mass is 202 g/mol. The average molecular weight is 202 g/mol. The number of halogens is 3. The van der Waals surface area contributed by atoms with Crippen molar-refractivity contribution in [1.82, 2.24) is 0 Å². The minimum Gasteiger partial charge on any atom is -0.211 e. The molecule has 1 aromatic carbocycles. The van der Waals surface area contributed by atoms with Gasteiger partial charge in [0.05, 0.1) is 0 Å². The van der Waals surface area contributed by atoms with E-state index in [-0.39, 0.29) is 18.7 Å². The minimum atomic E-state index is -2.36. The Kier molecular flexibility index (Phi) is 3.98. The third-order valence-corrected chi connectivity index (χ3v) is 2.15. The zero-order chi connectivity index (χ0) is 10.6. The van der Waals surface area contributed by atoms with E-state index in [0.29, 0.717) is 5.56 Å². The maximum absolute atomic E-state index is 13.1. The third-order valence-electron chi connectivity index (χ3n) is 2.15. The van der Waals surface area contributed by atoms with Gasteiger partial charge < -0.3 is 0 Å². The number of rotatable bonds is 4. The Bertz CT molecular complexity index is 295. The highest BCUT2D eigenvalue weighted by atomic mass is 19.3. The number of benzene rings is 1. The van der Waals surface area contributed by atoms with Crippen molar-refractivity contribution in [3.05, 3.63) is 35.1 Å². The molecule has 0 atom stereocenters. The van der Waals surface area contributed by atoms with Gasteiger partial charge in [-0.05, 0) is 30.0 Å². The van der Waals surface area contributed by atoms with E-state index in [9.17, 15) is 13.2 Å². The number of aryl methyl sites for hydroxylation is 2. The molecule has 3 heteroatoms. The second-order valence-corrected chi connectivity index (χ2v) is 3.21. The molecule has 0 aliphatic carbocycles. The Labute approximate surface area is 81.8 Å². The smallest absolute Gasteiger partial charge is 0.211 e. The fourth-order valence-electron chi connectivity index (χ4n) is 1.30. The van der Waals surface area contributed by atoms with Crippen molar-refractivity contribution in [2.75, 3.05) is 0 Å². The van der Waals surface area contributed by atoms with Crippen LogP contribution < -0.4 is 0 Å². The maximum atomic E-state index is 13.1. The van der Waals surface area contributed by atoms with Gasteiger partial charge in [-0.2, -0.15) is 0 Å². The molecule has 0 saturated carbocycles. The highest BCUT2D eigenvalue weighted by Crippen LogP contribution is 2.15. The first-order valence-electron chi connectivity index (χ1n) is 4.69. The molecule has 14 heavy (non-hydrogen) atoms. The topological polar surface area (TPSA) is 0 Å². The molecule has 0 saturated heterocycles. The summed E-state index contributed by atoms with van der Waals surface area (Å²) < 4.78 is 36.9. The molecule has 0 nitrogen and oxygen atoms in total. The van der Waals surface area contributed by atoms with E-state index >= 15 is 0 Å². The number of hydrogen-bond acceptors (Lipinski definition) is 0. The lowest BCUT2D eigenvalue weighted by atomic mass is 10.0. The van der Waals surface area contributed by atoms with Gasteiger partial charge in [0, 0.05) is 6.42 Å². The molecule has 0 aliphatic rings. The molecule has 0 N–H and O–H groups in total. The predicted molar refractivity (Wildman–Crippen MR) is 50.1 cm³/mol. The van der Waals surface area contributed by atoms with Crippen LogP contribution in [-0.2, 0) is 12.8 Å². The molecule has 0 bridgehead atoms. The highest BCUT2D eigenvalue weighted by Gasteiger charge is 2.07. The van der Waals surface area contributed by atoms with Crippen molar-refractivity contribution in [2.24, 2.45) is 0 Å². The second kappa shape index (κ2) is 5.03. The summed E-state index contributed by atoms with van der Waals surface area (Å²) in [5, 5.41) is 0. The van der Waals surface area contributed by atoms with Gasteiger partial charge in [-0.25, -0.2) is 13.2 Å². The number of alkyl halides is 2. The van der Waals surface area contributed by atoms with Gasteiger partial charge in [-0.1, -0.05) is 19.1 Å². The Morgan fingerprint density at radius 3 is 2.57 bits per heavy atom. The zero-order valence-electron chi connectivity index (χ0n) is 8.06. The van der Waals surface area contributed by atoms with Gasteiger partial charge in [0.15, 0.2) is 0 Å². The molecule has 78 valence electrons. The molecule has 1 rings (SSSR count). The summed E-state index contributed by atoms with van der Waals surface area (Å²) in [6.07, 6.45) is -1.73. The lowest BCUT2D eigenvalue weighted by Gasteiger charge is -2.05. The van der Waals surface area contributed by atoms with Crippen molar-refractivity contribution in [3.8, 4) is 0 Å². The Balaban J connectivity index is 2.73. The van der Waals surface area contributed by atoms with Crippen molar-refractivity contribution in [3.63, 3.8) is 0 Å². The lowest BCUT2D eigenvalue weighted by Crippen LogP contribution is -1.98. The van der Waals surface area contributed by atoms with Gasteiger partial charge in [0.1, 0.15) is 5.82 Å². The number of hydrogen-bond donors (Lipinski definition) is 0. The van der Waals surface area contributed by atoms with E-state index in [4.69, 9.17) is 0 Å². The molecule has 0 spiro atoms. The van der Waals surface area contributed by atoms with E-state index in [2.05, 4.69) is 0 Å². The average Bonchev–Trinajstić information content (AvgIpc) is 2.16. The van der Waals surface area contributed by atoms with Gasteiger partial charge in [-0.3, -0.25) is 0 Å². The van der Waals surface area contributed by atoms with Crippen LogP contribution in [-0.4, -0.2) is 6.43 Å². The van der Waals surface area contributed by atoms with Crippen molar-refractivity contribution in [2.45, 2.75) is 32.6 Å². The molecular formula is C11H13F3. The molecule has 0 aliphatic heterocycles. The van der Waals surface area contributed by atoms with Gasteiger partial charge in [0.2, 0.25) is 6.43 Å². The molecule has 1 aromatic rings. The molecule has 0 unspecified atom stereocenters. The van der Waals surface area contributed by atoms with Gasteiger partial charge in [0.25, 0.3) is 0 Å². The van der Waals surface area contributed by atoms with Crippen LogP contribution in [0.2, 0.25) is 0 Å². The Hall–Kier alpha value is -0.990. The SMILES string of the molecule is CCc1ccc(F)c(CCC(F)F)c1. The first-order chi connectivity index (χ1) is 6.63. The molecule has 0 fully saturated rings. The van der Waals surface area contributed by atoms with Crippen LogP contribution in [0, 0.1) is 5.82 Å². The summed E-state index contributed by atoms with van der Waals surface area (Å²) in [5.74, 6) is -0.386. The van der Waals surface area contributed by atoms with Crippen LogP contribution >= 0.6 is 0 Å². The third kappa shape index (κ3) is 3.05. The van der Waals surface area contributed by atoms with Crippen molar-refractivity contribution >= 4 is 0 Å². The van der Waals surface area contributed by atoms with Crippen LogP contribution in [0.5, 0.6) is 0 Å². The summed E-state index contributed by atoms with van der Waals surface area (Å²) >= 11 is 0. The van der Waals surface area contributed by atoms with Crippen LogP contribution in [0.4, 0.5) is 13.2 Å². The summed E-state index contributed by atoms with van der Waals surface area (Å²) in [6, 6.07) is 4.69. The fourth-order valence-corrected chi connectivity index (χ4v) is 1.30. The molecule has 0 heterocycles. The minimum absolute atomic E-state index is 0.108. The lowest BCUT2D eigenvalue weighted by molar-refractivity contribution is 0.138. The maximum Gasteiger partial charge on any atom is 0.239 e. The summed E-state index contributed by atoms with van der Waals surface area (Å²) in [6.45, 7) is 1.95. The molecule has 0 aromatic heterocycles. The largest absolute Gasteiger partial charge is 0.239 e. The predicted octanol–water partition coefficient (Wildman–Crippen LogP) is 3.59. The summed E-state index contributed by atoms with van der Waals surface area (Å²) in [4.78, 5) is 0. The molecular weight excluding hydrogens is 189 g/mol. The van der Waals surface area contributed by atoms with Crippen molar-refractivity contribution in [1.29, 1.82) is 0 Å². The first-order valence-corrected chi connectivity index (χ1v) is 4.69.